The zero-order valence-corrected chi connectivity index (χ0v) is 8.48. The zero-order chi connectivity index (χ0) is 10.6. The fourth-order valence-corrected chi connectivity index (χ4v) is 1.20. The van der Waals surface area contributed by atoms with Gasteiger partial charge in [-0.05, 0) is 19.1 Å². The van der Waals surface area contributed by atoms with Gasteiger partial charge in [-0.25, -0.2) is 4.98 Å². The minimum absolute atomic E-state index is 0.316. The van der Waals surface area contributed by atoms with Crippen LogP contribution < -0.4 is 4.74 Å². The van der Waals surface area contributed by atoms with Crippen molar-refractivity contribution < 1.29 is 14.3 Å². The fourth-order valence-electron chi connectivity index (χ4n) is 1.20. The molecule has 0 fully saturated rings. The molecule has 4 nitrogen and oxygen atoms in total. The summed E-state index contributed by atoms with van der Waals surface area (Å²) in [7, 11) is 1.53. The summed E-state index contributed by atoms with van der Waals surface area (Å²) in [5.41, 5.74) is 0.769. The third kappa shape index (κ3) is 2.45. The molecule has 1 atom stereocenters. The zero-order valence-electron chi connectivity index (χ0n) is 8.48. The first kappa shape index (κ1) is 10.5. The van der Waals surface area contributed by atoms with E-state index in [9.17, 15) is 4.79 Å². The summed E-state index contributed by atoms with van der Waals surface area (Å²) in [6.07, 6.45) is 1.29. The Bertz CT molecular complexity index is 325. The Morgan fingerprint density at radius 2 is 2.29 bits per heavy atom. The number of methoxy groups -OCH3 is 1. The van der Waals surface area contributed by atoms with E-state index in [0.29, 0.717) is 5.88 Å². The van der Waals surface area contributed by atoms with Crippen molar-refractivity contribution in [2.45, 2.75) is 20.0 Å². The van der Waals surface area contributed by atoms with Crippen molar-refractivity contribution in [2.75, 3.05) is 7.11 Å². The first-order valence-corrected chi connectivity index (χ1v) is 4.31. The maximum atomic E-state index is 10.7. The molecule has 0 aromatic carbocycles. The average molecular weight is 195 g/mol. The fraction of sp³-hybridized carbons (Fsp3) is 0.400. The molecule has 0 radical (unpaired) electrons. The van der Waals surface area contributed by atoms with Crippen LogP contribution in [0.4, 0.5) is 0 Å². The van der Waals surface area contributed by atoms with E-state index in [0.717, 1.165) is 5.56 Å². The smallest absolute Gasteiger partial charge is 0.303 e. The van der Waals surface area contributed by atoms with Crippen LogP contribution in [0.2, 0.25) is 0 Å². The molecule has 0 N–H and O–H groups in total. The van der Waals surface area contributed by atoms with E-state index in [2.05, 4.69) is 4.98 Å². The van der Waals surface area contributed by atoms with E-state index >= 15 is 0 Å². The van der Waals surface area contributed by atoms with Crippen LogP contribution in [0.5, 0.6) is 5.88 Å². The molecule has 1 heterocycles. The molecule has 1 aromatic rings. The van der Waals surface area contributed by atoms with Gasteiger partial charge in [0.1, 0.15) is 6.10 Å². The molecule has 0 aliphatic heterocycles. The molecule has 14 heavy (non-hydrogen) atoms. The number of pyridine rings is 1. The van der Waals surface area contributed by atoms with E-state index in [-0.39, 0.29) is 12.1 Å². The van der Waals surface area contributed by atoms with E-state index in [4.69, 9.17) is 9.47 Å². The minimum atomic E-state index is -0.337. The number of carbonyl (C=O) groups is 1. The lowest BCUT2D eigenvalue weighted by Crippen LogP contribution is -2.06. The van der Waals surface area contributed by atoms with Gasteiger partial charge in [-0.2, -0.15) is 0 Å². The summed E-state index contributed by atoms with van der Waals surface area (Å²) in [5, 5.41) is 0. The van der Waals surface area contributed by atoms with Gasteiger partial charge in [0.25, 0.3) is 0 Å². The third-order valence-corrected chi connectivity index (χ3v) is 1.77. The number of carbonyl (C=O) groups excluding carboxylic acids is 1. The van der Waals surface area contributed by atoms with Crippen LogP contribution in [0, 0.1) is 0 Å². The molecule has 0 saturated carbocycles. The lowest BCUT2D eigenvalue weighted by molar-refractivity contribution is -0.145. The van der Waals surface area contributed by atoms with Gasteiger partial charge in [0.2, 0.25) is 5.88 Å². The molecule has 0 unspecified atom stereocenters. The Balaban J connectivity index is 2.87. The van der Waals surface area contributed by atoms with Crippen molar-refractivity contribution in [3.05, 3.63) is 23.9 Å². The summed E-state index contributed by atoms with van der Waals surface area (Å²) in [6.45, 7) is 3.15. The van der Waals surface area contributed by atoms with Gasteiger partial charge < -0.3 is 9.47 Å². The summed E-state index contributed by atoms with van der Waals surface area (Å²) in [6, 6.07) is 3.59. The number of rotatable bonds is 3. The number of aromatic nitrogens is 1. The number of esters is 1. The van der Waals surface area contributed by atoms with E-state index < -0.39 is 0 Å². The van der Waals surface area contributed by atoms with Crippen LogP contribution in [0.3, 0.4) is 0 Å². The van der Waals surface area contributed by atoms with Crippen LogP contribution in [0.1, 0.15) is 25.5 Å². The van der Waals surface area contributed by atoms with Crippen LogP contribution >= 0.6 is 0 Å². The maximum absolute atomic E-state index is 10.7. The Labute approximate surface area is 82.9 Å². The standard InChI is InChI=1S/C10H13NO3/c1-7(14-8(2)12)9-5-4-6-11-10(9)13-3/h4-7H,1-3H3/t7-/m1/s1. The van der Waals surface area contributed by atoms with Crippen molar-refractivity contribution in [1.82, 2.24) is 4.98 Å². The van der Waals surface area contributed by atoms with Gasteiger partial charge in [-0.3, -0.25) is 4.79 Å². The van der Waals surface area contributed by atoms with Crippen LogP contribution in [0.25, 0.3) is 0 Å². The second-order valence-electron chi connectivity index (χ2n) is 2.85. The van der Waals surface area contributed by atoms with Gasteiger partial charge in [0.15, 0.2) is 0 Å². The highest BCUT2D eigenvalue weighted by Gasteiger charge is 2.13. The predicted octanol–water partition coefficient (Wildman–Crippen LogP) is 1.71. The Morgan fingerprint density at radius 1 is 1.57 bits per heavy atom. The van der Waals surface area contributed by atoms with Crippen molar-refractivity contribution in [3.63, 3.8) is 0 Å². The largest absolute Gasteiger partial charge is 0.481 e. The highest BCUT2D eigenvalue weighted by atomic mass is 16.5. The minimum Gasteiger partial charge on any atom is -0.481 e. The average Bonchev–Trinajstić information content (AvgIpc) is 2.16. The lowest BCUT2D eigenvalue weighted by Gasteiger charge is -2.14. The molecule has 1 aromatic heterocycles. The second kappa shape index (κ2) is 4.60. The molecule has 0 amide bonds. The lowest BCUT2D eigenvalue weighted by atomic mass is 10.2. The highest BCUT2D eigenvalue weighted by Crippen LogP contribution is 2.24. The summed E-state index contributed by atoms with van der Waals surface area (Å²) in [4.78, 5) is 14.8. The Morgan fingerprint density at radius 3 is 2.86 bits per heavy atom. The maximum Gasteiger partial charge on any atom is 0.303 e. The molecular formula is C10H13NO3. The summed E-state index contributed by atoms with van der Waals surface area (Å²) >= 11 is 0. The van der Waals surface area contributed by atoms with Gasteiger partial charge in [0.05, 0.1) is 12.7 Å². The second-order valence-corrected chi connectivity index (χ2v) is 2.85. The molecular weight excluding hydrogens is 182 g/mol. The monoisotopic (exact) mass is 195 g/mol. The molecule has 0 aliphatic carbocycles. The Hall–Kier alpha value is -1.58. The van der Waals surface area contributed by atoms with Crippen molar-refractivity contribution in [3.8, 4) is 5.88 Å². The third-order valence-electron chi connectivity index (χ3n) is 1.77. The normalized spacial score (nSPS) is 11.9. The summed E-state index contributed by atoms with van der Waals surface area (Å²) < 4.78 is 10.1. The number of nitrogens with zero attached hydrogens (tertiary/aromatic N) is 1. The molecule has 0 spiro atoms. The molecule has 0 bridgehead atoms. The molecule has 0 aliphatic rings. The highest BCUT2D eigenvalue weighted by molar-refractivity contribution is 5.66. The van der Waals surface area contributed by atoms with Crippen molar-refractivity contribution in [2.24, 2.45) is 0 Å². The molecule has 4 heteroatoms. The van der Waals surface area contributed by atoms with Crippen LogP contribution in [-0.2, 0) is 9.53 Å². The first-order valence-electron chi connectivity index (χ1n) is 4.31. The van der Waals surface area contributed by atoms with Gasteiger partial charge in [-0.1, -0.05) is 0 Å². The van der Waals surface area contributed by atoms with Gasteiger partial charge in [-0.15, -0.1) is 0 Å². The quantitative estimate of drug-likeness (QED) is 0.689. The number of hydrogen-bond acceptors (Lipinski definition) is 4. The van der Waals surface area contributed by atoms with Gasteiger partial charge >= 0.3 is 5.97 Å². The van der Waals surface area contributed by atoms with Gasteiger partial charge in [0, 0.05) is 13.1 Å². The number of ether oxygens (including phenoxy) is 2. The topological polar surface area (TPSA) is 48.4 Å². The first-order chi connectivity index (χ1) is 6.65. The van der Waals surface area contributed by atoms with E-state index in [1.54, 1.807) is 19.2 Å². The number of hydrogen-bond donors (Lipinski definition) is 0. The van der Waals surface area contributed by atoms with Crippen LogP contribution in [0.15, 0.2) is 18.3 Å². The van der Waals surface area contributed by atoms with E-state index in [1.807, 2.05) is 6.07 Å². The van der Waals surface area contributed by atoms with Crippen LogP contribution in [-0.4, -0.2) is 18.1 Å². The molecule has 1 rings (SSSR count). The van der Waals surface area contributed by atoms with Crippen molar-refractivity contribution >= 4 is 5.97 Å². The van der Waals surface area contributed by atoms with E-state index in [1.165, 1.54) is 14.0 Å². The summed E-state index contributed by atoms with van der Waals surface area (Å²) in [5.74, 6) is 0.171. The predicted molar refractivity (Wildman–Crippen MR) is 51.0 cm³/mol. The SMILES string of the molecule is COc1ncccc1[C@@H](C)OC(C)=O. The molecule has 76 valence electrons. The molecule has 0 saturated heterocycles. The van der Waals surface area contributed by atoms with Crippen molar-refractivity contribution in [1.29, 1.82) is 0 Å². The Kier molecular flexibility index (Phi) is 3.45.